The number of nitrogens with zero attached hydrogens (tertiary/aromatic N) is 1. The molecule has 1 aromatic rings. The van der Waals surface area contributed by atoms with Gasteiger partial charge in [0.05, 0.1) is 17.7 Å². The molecule has 1 aliphatic rings. The maximum atomic E-state index is 11.9. The molecular weight excluding hydrogens is 232 g/mol. The fourth-order valence-electron chi connectivity index (χ4n) is 2.18. The molecule has 0 atom stereocenters. The molecule has 0 unspecified atom stereocenters. The minimum absolute atomic E-state index is 0.0184. The molecule has 1 aliphatic heterocycles. The van der Waals surface area contributed by atoms with Gasteiger partial charge in [-0.1, -0.05) is 18.2 Å². The largest absolute Gasteiger partial charge is 0.478 e. The van der Waals surface area contributed by atoms with E-state index in [1.165, 1.54) is 4.90 Å². The van der Waals surface area contributed by atoms with Crippen LogP contribution >= 0.6 is 0 Å². The van der Waals surface area contributed by atoms with E-state index in [0.717, 1.165) is 11.1 Å². The molecule has 0 saturated carbocycles. The number of para-hydroxylation sites is 1. The highest BCUT2D eigenvalue weighted by Gasteiger charge is 2.34. The Labute approximate surface area is 105 Å². The molecule has 0 fully saturated rings. The Balaban J connectivity index is 2.58. The normalized spacial score (nSPS) is 15.4. The topological polar surface area (TPSA) is 83.6 Å². The van der Waals surface area contributed by atoms with Gasteiger partial charge in [-0.3, -0.25) is 9.69 Å². The van der Waals surface area contributed by atoms with E-state index in [-0.39, 0.29) is 23.7 Å². The zero-order valence-corrected chi connectivity index (χ0v) is 10.2. The minimum Gasteiger partial charge on any atom is -0.478 e. The number of carbonyl (C=O) groups excluding carboxylic acids is 1. The van der Waals surface area contributed by atoms with E-state index in [1.807, 2.05) is 32.0 Å². The van der Waals surface area contributed by atoms with Crippen LogP contribution in [0.2, 0.25) is 0 Å². The maximum absolute atomic E-state index is 11.9. The van der Waals surface area contributed by atoms with Gasteiger partial charge in [0, 0.05) is 0 Å². The van der Waals surface area contributed by atoms with Gasteiger partial charge in [0.1, 0.15) is 5.82 Å². The molecule has 5 heteroatoms. The van der Waals surface area contributed by atoms with E-state index in [1.54, 1.807) is 0 Å². The first kappa shape index (κ1) is 12.2. The first-order valence-electron chi connectivity index (χ1n) is 5.54. The van der Waals surface area contributed by atoms with Crippen LogP contribution in [0.4, 0.5) is 5.69 Å². The summed E-state index contributed by atoms with van der Waals surface area (Å²) >= 11 is 0. The Kier molecular flexibility index (Phi) is 2.82. The summed E-state index contributed by atoms with van der Waals surface area (Å²) in [6, 6.07) is 5.61. The predicted octanol–water partition coefficient (Wildman–Crippen LogP) is 1.30. The van der Waals surface area contributed by atoms with Gasteiger partial charge < -0.3 is 10.8 Å². The number of hydrogen-bond acceptors (Lipinski definition) is 3. The molecule has 5 nitrogen and oxygen atoms in total. The van der Waals surface area contributed by atoms with Crippen molar-refractivity contribution in [3.63, 3.8) is 0 Å². The van der Waals surface area contributed by atoms with Crippen LogP contribution in [0.25, 0.3) is 0 Å². The first-order valence-corrected chi connectivity index (χ1v) is 5.54. The number of amides is 1. The molecular formula is C13H14N2O3. The van der Waals surface area contributed by atoms with Crippen molar-refractivity contribution in [1.82, 2.24) is 0 Å². The summed E-state index contributed by atoms with van der Waals surface area (Å²) < 4.78 is 0. The lowest BCUT2D eigenvalue weighted by Crippen LogP contribution is -2.30. The molecule has 0 aliphatic carbocycles. The Morgan fingerprint density at radius 2 is 1.89 bits per heavy atom. The van der Waals surface area contributed by atoms with Crippen molar-refractivity contribution in [1.29, 1.82) is 0 Å². The Morgan fingerprint density at radius 3 is 2.33 bits per heavy atom. The third-order valence-electron chi connectivity index (χ3n) is 3.05. The van der Waals surface area contributed by atoms with Crippen LogP contribution in [-0.4, -0.2) is 17.0 Å². The summed E-state index contributed by atoms with van der Waals surface area (Å²) in [5.41, 5.74) is 8.20. The first-order chi connectivity index (χ1) is 8.43. The molecule has 1 aromatic carbocycles. The zero-order valence-electron chi connectivity index (χ0n) is 10.2. The van der Waals surface area contributed by atoms with Gasteiger partial charge in [-0.05, 0) is 25.0 Å². The van der Waals surface area contributed by atoms with Crippen LogP contribution in [0.5, 0.6) is 0 Å². The molecule has 2 rings (SSSR count). The van der Waals surface area contributed by atoms with E-state index in [0.29, 0.717) is 5.69 Å². The molecule has 0 spiro atoms. The van der Waals surface area contributed by atoms with E-state index in [2.05, 4.69) is 0 Å². The summed E-state index contributed by atoms with van der Waals surface area (Å²) in [4.78, 5) is 24.2. The zero-order chi connectivity index (χ0) is 13.4. The number of carboxylic acid groups (broad SMARTS) is 1. The van der Waals surface area contributed by atoms with E-state index < -0.39 is 5.97 Å². The fraction of sp³-hybridized carbons (Fsp3) is 0.231. The summed E-state index contributed by atoms with van der Waals surface area (Å²) in [5.74, 6) is -1.43. The molecule has 3 N–H and O–H groups in total. The lowest BCUT2D eigenvalue weighted by Gasteiger charge is -2.22. The lowest BCUT2D eigenvalue weighted by molar-refractivity contribution is -0.133. The van der Waals surface area contributed by atoms with Gasteiger partial charge in [-0.2, -0.15) is 0 Å². The molecule has 1 amide bonds. The SMILES string of the molecule is Cc1cccc(C)c1N1C(=O)CC(C(=O)O)=C1N. The van der Waals surface area contributed by atoms with Crippen molar-refractivity contribution < 1.29 is 14.7 Å². The number of nitrogens with two attached hydrogens (primary N) is 1. The average Bonchev–Trinajstić information content (AvgIpc) is 2.56. The van der Waals surface area contributed by atoms with E-state index in [4.69, 9.17) is 10.8 Å². The van der Waals surface area contributed by atoms with Crippen molar-refractivity contribution in [3.05, 3.63) is 40.7 Å². The summed E-state index contributed by atoms with van der Waals surface area (Å²) in [5, 5.41) is 8.99. The van der Waals surface area contributed by atoms with Crippen LogP contribution in [0.3, 0.4) is 0 Å². The van der Waals surface area contributed by atoms with Gasteiger partial charge in [-0.15, -0.1) is 0 Å². The number of anilines is 1. The van der Waals surface area contributed by atoms with Crippen LogP contribution in [0.15, 0.2) is 29.6 Å². The third-order valence-corrected chi connectivity index (χ3v) is 3.05. The second-order valence-corrected chi connectivity index (χ2v) is 4.32. The highest BCUT2D eigenvalue weighted by molar-refractivity contribution is 6.09. The highest BCUT2D eigenvalue weighted by atomic mass is 16.4. The van der Waals surface area contributed by atoms with Gasteiger partial charge in [0.25, 0.3) is 0 Å². The van der Waals surface area contributed by atoms with Crippen molar-refractivity contribution in [3.8, 4) is 0 Å². The second-order valence-electron chi connectivity index (χ2n) is 4.32. The number of aliphatic carboxylic acids is 1. The number of benzene rings is 1. The average molecular weight is 246 g/mol. The Bertz CT molecular complexity index is 555. The summed E-state index contributed by atoms with van der Waals surface area (Å²) in [6.45, 7) is 3.73. The quantitative estimate of drug-likeness (QED) is 0.823. The van der Waals surface area contributed by atoms with E-state index >= 15 is 0 Å². The highest BCUT2D eigenvalue weighted by Crippen LogP contribution is 2.32. The lowest BCUT2D eigenvalue weighted by atomic mass is 10.1. The maximum Gasteiger partial charge on any atom is 0.335 e. The fourth-order valence-corrected chi connectivity index (χ4v) is 2.18. The summed E-state index contributed by atoms with van der Waals surface area (Å²) in [7, 11) is 0. The molecule has 0 radical (unpaired) electrons. The van der Waals surface area contributed by atoms with Gasteiger partial charge in [-0.25, -0.2) is 4.79 Å². The molecule has 0 aromatic heterocycles. The molecule has 94 valence electrons. The minimum atomic E-state index is -1.14. The van der Waals surface area contributed by atoms with Crippen LogP contribution in [0, 0.1) is 13.8 Å². The molecule has 18 heavy (non-hydrogen) atoms. The Morgan fingerprint density at radius 1 is 1.33 bits per heavy atom. The van der Waals surface area contributed by atoms with Crippen molar-refractivity contribution in [2.75, 3.05) is 4.90 Å². The predicted molar refractivity (Wildman–Crippen MR) is 66.9 cm³/mol. The number of aryl methyl sites for hydroxylation is 2. The standard InChI is InChI=1S/C13H14N2O3/c1-7-4-3-5-8(2)11(7)15-10(16)6-9(12(15)14)13(17)18/h3-5H,6,14H2,1-2H3,(H,17,18). The number of carboxylic acids is 1. The smallest absolute Gasteiger partial charge is 0.335 e. The van der Waals surface area contributed by atoms with Gasteiger partial charge >= 0.3 is 5.97 Å². The number of carbonyl (C=O) groups is 2. The van der Waals surface area contributed by atoms with Gasteiger partial charge in [0.15, 0.2) is 0 Å². The van der Waals surface area contributed by atoms with Crippen LogP contribution < -0.4 is 10.6 Å². The third kappa shape index (κ3) is 1.73. The second kappa shape index (κ2) is 4.18. The van der Waals surface area contributed by atoms with Crippen LogP contribution in [0.1, 0.15) is 17.5 Å². The van der Waals surface area contributed by atoms with Crippen molar-refractivity contribution in [2.45, 2.75) is 20.3 Å². The molecule has 0 saturated heterocycles. The van der Waals surface area contributed by atoms with Crippen molar-refractivity contribution in [2.24, 2.45) is 5.73 Å². The van der Waals surface area contributed by atoms with E-state index in [9.17, 15) is 9.59 Å². The number of hydrogen-bond donors (Lipinski definition) is 2. The number of rotatable bonds is 2. The van der Waals surface area contributed by atoms with Crippen LogP contribution in [-0.2, 0) is 9.59 Å². The van der Waals surface area contributed by atoms with Crippen molar-refractivity contribution >= 4 is 17.6 Å². The molecule has 0 bridgehead atoms. The summed E-state index contributed by atoms with van der Waals surface area (Å²) in [6.07, 6.45) is -0.158. The van der Waals surface area contributed by atoms with Gasteiger partial charge in [0.2, 0.25) is 5.91 Å². The monoisotopic (exact) mass is 246 g/mol. The molecule has 1 heterocycles. The Hall–Kier alpha value is -2.30.